The molecule has 1 atom stereocenters. The molecule has 104 valence electrons. The summed E-state index contributed by atoms with van der Waals surface area (Å²) in [5.41, 5.74) is 0.993. The molecule has 0 saturated heterocycles. The van der Waals surface area contributed by atoms with Gasteiger partial charge in [-0.15, -0.1) is 0 Å². The van der Waals surface area contributed by atoms with Gasteiger partial charge in [-0.2, -0.15) is 0 Å². The van der Waals surface area contributed by atoms with Gasteiger partial charge in [-0.1, -0.05) is 43.6 Å². The zero-order valence-corrected chi connectivity index (χ0v) is 12.7. The molecule has 2 rings (SSSR count). The van der Waals surface area contributed by atoms with Gasteiger partial charge in [0.25, 0.3) is 0 Å². The van der Waals surface area contributed by atoms with E-state index in [-0.39, 0.29) is 11.3 Å². The molecule has 1 unspecified atom stereocenters. The van der Waals surface area contributed by atoms with Gasteiger partial charge < -0.3 is 4.90 Å². The second kappa shape index (κ2) is 5.64. The highest BCUT2D eigenvalue weighted by atomic mass is 35.5. The fraction of sp³-hybridized carbons (Fsp3) is 0.562. The van der Waals surface area contributed by atoms with E-state index in [1.54, 1.807) is 0 Å². The van der Waals surface area contributed by atoms with Gasteiger partial charge >= 0.3 is 0 Å². The number of nitrogens with zero attached hydrogens (tertiary/aromatic N) is 1. The average molecular weight is 280 g/mol. The first-order chi connectivity index (χ1) is 8.90. The molecule has 3 heteroatoms. The SMILES string of the molecule is CN(Cc1ccccc1Cl)CC1CCC(C)(C)C1=O. The lowest BCUT2D eigenvalue weighted by Gasteiger charge is -2.22. The maximum absolute atomic E-state index is 12.2. The number of rotatable bonds is 4. The summed E-state index contributed by atoms with van der Waals surface area (Å²) < 4.78 is 0. The standard InChI is InChI=1S/C16H22ClNO/c1-16(2)9-8-13(15(16)19)11-18(3)10-12-6-4-5-7-14(12)17/h4-7,13H,8-11H2,1-3H3. The molecule has 1 aromatic carbocycles. The van der Waals surface area contributed by atoms with Gasteiger partial charge in [0, 0.05) is 29.4 Å². The molecule has 19 heavy (non-hydrogen) atoms. The molecule has 1 fully saturated rings. The fourth-order valence-electron chi connectivity index (χ4n) is 2.87. The van der Waals surface area contributed by atoms with Crippen molar-refractivity contribution in [3.05, 3.63) is 34.9 Å². The van der Waals surface area contributed by atoms with E-state index in [4.69, 9.17) is 11.6 Å². The Labute approximate surface area is 120 Å². The largest absolute Gasteiger partial charge is 0.301 e. The number of hydrogen-bond acceptors (Lipinski definition) is 2. The van der Waals surface area contributed by atoms with Crippen molar-refractivity contribution in [3.63, 3.8) is 0 Å². The first kappa shape index (κ1) is 14.5. The third kappa shape index (κ3) is 3.37. The van der Waals surface area contributed by atoms with E-state index in [0.29, 0.717) is 5.78 Å². The molecule has 1 aromatic rings. The first-order valence-corrected chi connectivity index (χ1v) is 7.24. The molecule has 1 saturated carbocycles. The molecular formula is C16H22ClNO. The van der Waals surface area contributed by atoms with Crippen LogP contribution in [-0.2, 0) is 11.3 Å². The zero-order valence-electron chi connectivity index (χ0n) is 11.9. The topological polar surface area (TPSA) is 20.3 Å². The Hall–Kier alpha value is -0.860. The van der Waals surface area contributed by atoms with Crippen molar-refractivity contribution in [1.82, 2.24) is 4.90 Å². The van der Waals surface area contributed by atoms with Gasteiger partial charge in [0.2, 0.25) is 0 Å². The minimum absolute atomic E-state index is 0.129. The molecule has 0 radical (unpaired) electrons. The molecule has 0 aromatic heterocycles. The van der Waals surface area contributed by atoms with Gasteiger partial charge in [0.15, 0.2) is 0 Å². The van der Waals surface area contributed by atoms with E-state index in [1.165, 1.54) is 0 Å². The number of hydrogen-bond donors (Lipinski definition) is 0. The normalized spacial score (nSPS) is 22.2. The van der Waals surface area contributed by atoms with Crippen molar-refractivity contribution in [1.29, 1.82) is 0 Å². The summed E-state index contributed by atoms with van der Waals surface area (Å²) in [6, 6.07) is 7.89. The van der Waals surface area contributed by atoms with Gasteiger partial charge in [0.1, 0.15) is 5.78 Å². The molecular weight excluding hydrogens is 258 g/mol. The van der Waals surface area contributed by atoms with Crippen LogP contribution in [0.15, 0.2) is 24.3 Å². The summed E-state index contributed by atoms with van der Waals surface area (Å²) >= 11 is 6.17. The predicted molar refractivity (Wildman–Crippen MR) is 79.3 cm³/mol. The Morgan fingerprint density at radius 2 is 2.05 bits per heavy atom. The fourth-order valence-corrected chi connectivity index (χ4v) is 3.07. The molecule has 0 heterocycles. The van der Waals surface area contributed by atoms with Crippen LogP contribution in [0.3, 0.4) is 0 Å². The number of Topliss-reactive ketones (excluding diaryl/α,β-unsaturated/α-hetero) is 1. The van der Waals surface area contributed by atoms with E-state index < -0.39 is 0 Å². The second-order valence-electron chi connectivity index (χ2n) is 6.27. The minimum Gasteiger partial charge on any atom is -0.301 e. The highest BCUT2D eigenvalue weighted by Crippen LogP contribution is 2.37. The maximum Gasteiger partial charge on any atom is 0.142 e. The first-order valence-electron chi connectivity index (χ1n) is 6.86. The lowest BCUT2D eigenvalue weighted by Crippen LogP contribution is -2.31. The number of carbonyl (C=O) groups is 1. The maximum atomic E-state index is 12.2. The summed E-state index contributed by atoms with van der Waals surface area (Å²) in [6.07, 6.45) is 2.02. The van der Waals surface area contributed by atoms with Crippen molar-refractivity contribution in [2.24, 2.45) is 11.3 Å². The summed E-state index contributed by atoms with van der Waals surface area (Å²) in [7, 11) is 2.06. The lowest BCUT2D eigenvalue weighted by molar-refractivity contribution is -0.127. The van der Waals surface area contributed by atoms with Crippen molar-refractivity contribution < 1.29 is 4.79 Å². The van der Waals surface area contributed by atoms with Crippen LogP contribution in [0.2, 0.25) is 5.02 Å². The van der Waals surface area contributed by atoms with E-state index in [9.17, 15) is 4.79 Å². The number of carbonyl (C=O) groups excluding carboxylic acids is 1. The summed E-state index contributed by atoms with van der Waals surface area (Å²) in [4.78, 5) is 14.4. The highest BCUT2D eigenvalue weighted by molar-refractivity contribution is 6.31. The molecule has 2 nitrogen and oxygen atoms in total. The summed E-state index contributed by atoms with van der Waals surface area (Å²) in [6.45, 7) is 5.74. The molecule has 0 N–H and O–H groups in total. The van der Waals surface area contributed by atoms with Crippen LogP contribution in [0, 0.1) is 11.3 Å². The molecule has 0 amide bonds. The Balaban J connectivity index is 1.94. The van der Waals surface area contributed by atoms with E-state index in [1.807, 2.05) is 24.3 Å². The van der Waals surface area contributed by atoms with Crippen molar-refractivity contribution in [2.75, 3.05) is 13.6 Å². The van der Waals surface area contributed by atoms with Crippen LogP contribution < -0.4 is 0 Å². The van der Waals surface area contributed by atoms with E-state index in [2.05, 4.69) is 25.8 Å². The monoisotopic (exact) mass is 279 g/mol. The van der Waals surface area contributed by atoms with Gasteiger partial charge in [-0.3, -0.25) is 4.79 Å². The van der Waals surface area contributed by atoms with Gasteiger partial charge in [-0.25, -0.2) is 0 Å². The minimum atomic E-state index is -0.129. The third-order valence-electron chi connectivity index (χ3n) is 4.09. The third-order valence-corrected chi connectivity index (χ3v) is 4.45. The number of benzene rings is 1. The molecule has 1 aliphatic carbocycles. The van der Waals surface area contributed by atoms with Gasteiger partial charge in [-0.05, 0) is 31.5 Å². The molecule has 0 spiro atoms. The van der Waals surface area contributed by atoms with Crippen LogP contribution in [0.5, 0.6) is 0 Å². The van der Waals surface area contributed by atoms with Crippen molar-refractivity contribution >= 4 is 17.4 Å². The van der Waals surface area contributed by atoms with Crippen molar-refractivity contribution in [2.45, 2.75) is 33.2 Å². The van der Waals surface area contributed by atoms with Gasteiger partial charge in [0.05, 0.1) is 0 Å². The Morgan fingerprint density at radius 3 is 2.63 bits per heavy atom. The molecule has 0 bridgehead atoms. The predicted octanol–water partition coefficient (Wildman–Crippen LogP) is 3.78. The Kier molecular flexibility index (Phi) is 4.32. The van der Waals surface area contributed by atoms with Crippen LogP contribution in [0.25, 0.3) is 0 Å². The second-order valence-corrected chi connectivity index (χ2v) is 6.68. The van der Waals surface area contributed by atoms with E-state index >= 15 is 0 Å². The number of halogens is 1. The number of ketones is 1. The lowest BCUT2D eigenvalue weighted by atomic mass is 9.89. The van der Waals surface area contributed by atoms with Crippen molar-refractivity contribution in [3.8, 4) is 0 Å². The van der Waals surface area contributed by atoms with Crippen LogP contribution in [0.1, 0.15) is 32.3 Å². The smallest absolute Gasteiger partial charge is 0.142 e. The van der Waals surface area contributed by atoms with Crippen LogP contribution in [0.4, 0.5) is 0 Å². The zero-order chi connectivity index (χ0) is 14.0. The summed E-state index contributed by atoms with van der Waals surface area (Å²) in [5, 5.41) is 0.799. The van der Waals surface area contributed by atoms with E-state index in [0.717, 1.165) is 36.5 Å². The van der Waals surface area contributed by atoms with Crippen LogP contribution in [-0.4, -0.2) is 24.3 Å². The quantitative estimate of drug-likeness (QED) is 0.836. The Morgan fingerprint density at radius 1 is 1.37 bits per heavy atom. The average Bonchev–Trinajstić information content (AvgIpc) is 2.59. The molecule has 0 aliphatic heterocycles. The summed E-state index contributed by atoms with van der Waals surface area (Å²) in [5.74, 6) is 0.598. The highest BCUT2D eigenvalue weighted by Gasteiger charge is 2.40. The molecule has 1 aliphatic rings. The van der Waals surface area contributed by atoms with Crippen LogP contribution >= 0.6 is 11.6 Å². The Bertz CT molecular complexity index is 470.